The van der Waals surface area contributed by atoms with Crippen molar-refractivity contribution >= 4 is 0 Å². The number of ether oxygens (including phenoxy) is 1. The molecule has 5 heteroatoms. The highest BCUT2D eigenvalue weighted by molar-refractivity contribution is 5.25. The maximum Gasteiger partial charge on any atom is 0.237 e. The van der Waals surface area contributed by atoms with Crippen molar-refractivity contribution in [2.45, 2.75) is 38.3 Å². The largest absolute Gasteiger partial charge is 0.480 e. The van der Waals surface area contributed by atoms with Crippen molar-refractivity contribution in [3.05, 3.63) is 18.1 Å². The van der Waals surface area contributed by atoms with E-state index < -0.39 is 0 Å². The summed E-state index contributed by atoms with van der Waals surface area (Å²) in [4.78, 5) is 11.0. The molecule has 0 spiro atoms. The Bertz CT molecular complexity index is 391. The Morgan fingerprint density at radius 3 is 2.26 bits per heavy atom. The number of methoxy groups -OCH3 is 1. The van der Waals surface area contributed by atoms with Crippen LogP contribution < -0.4 is 10.1 Å². The Hall–Kier alpha value is -1.20. The van der Waals surface area contributed by atoms with Gasteiger partial charge in [-0.1, -0.05) is 13.8 Å². The molecule has 0 bridgehead atoms. The highest BCUT2D eigenvalue weighted by Crippen LogP contribution is 2.37. The van der Waals surface area contributed by atoms with Gasteiger partial charge in [-0.25, -0.2) is 4.98 Å². The van der Waals surface area contributed by atoms with Crippen LogP contribution in [0.4, 0.5) is 0 Å². The van der Waals surface area contributed by atoms with E-state index >= 15 is 0 Å². The second kappa shape index (κ2) is 6.82. The van der Waals surface area contributed by atoms with Gasteiger partial charge in [0.25, 0.3) is 0 Å². The summed E-state index contributed by atoms with van der Waals surface area (Å²) in [6, 6.07) is 0.0705. The summed E-state index contributed by atoms with van der Waals surface area (Å²) in [5, 5.41) is 3.39. The van der Waals surface area contributed by atoms with Gasteiger partial charge in [-0.05, 0) is 34.0 Å². The molecule has 0 saturated heterocycles. The molecule has 1 rings (SSSR count). The van der Waals surface area contributed by atoms with Gasteiger partial charge in [-0.15, -0.1) is 0 Å². The van der Waals surface area contributed by atoms with E-state index in [0.29, 0.717) is 5.88 Å². The van der Waals surface area contributed by atoms with Crippen LogP contribution in [-0.4, -0.2) is 48.7 Å². The van der Waals surface area contributed by atoms with Gasteiger partial charge in [0, 0.05) is 17.9 Å². The Morgan fingerprint density at radius 2 is 1.84 bits per heavy atom. The molecule has 108 valence electrons. The summed E-state index contributed by atoms with van der Waals surface area (Å²) in [6.07, 6.45) is 5.40. The topological polar surface area (TPSA) is 50.3 Å². The van der Waals surface area contributed by atoms with E-state index in [1.807, 2.05) is 7.05 Å². The van der Waals surface area contributed by atoms with Crippen molar-refractivity contribution in [3.8, 4) is 5.88 Å². The van der Waals surface area contributed by atoms with Crippen molar-refractivity contribution in [3.63, 3.8) is 0 Å². The first-order chi connectivity index (χ1) is 9.07. The first kappa shape index (κ1) is 15.9. The zero-order valence-corrected chi connectivity index (χ0v) is 12.9. The molecule has 0 aromatic carbocycles. The van der Waals surface area contributed by atoms with Gasteiger partial charge in [0.1, 0.15) is 5.69 Å². The van der Waals surface area contributed by atoms with Crippen molar-refractivity contribution in [1.82, 2.24) is 20.2 Å². The van der Waals surface area contributed by atoms with E-state index in [1.165, 1.54) is 0 Å². The van der Waals surface area contributed by atoms with Gasteiger partial charge < -0.3 is 15.0 Å². The highest BCUT2D eigenvalue weighted by atomic mass is 16.5. The van der Waals surface area contributed by atoms with Crippen molar-refractivity contribution < 1.29 is 4.74 Å². The fourth-order valence-electron chi connectivity index (χ4n) is 2.90. The van der Waals surface area contributed by atoms with Gasteiger partial charge in [-0.2, -0.15) is 0 Å². The van der Waals surface area contributed by atoms with E-state index in [-0.39, 0.29) is 11.6 Å². The van der Waals surface area contributed by atoms with Crippen LogP contribution in [0, 0.1) is 0 Å². The predicted molar refractivity (Wildman–Crippen MR) is 77.4 cm³/mol. The monoisotopic (exact) mass is 266 g/mol. The average molecular weight is 266 g/mol. The van der Waals surface area contributed by atoms with Crippen LogP contribution in [0.3, 0.4) is 0 Å². The molecule has 0 fully saturated rings. The summed E-state index contributed by atoms with van der Waals surface area (Å²) in [6.45, 7) is 4.41. The van der Waals surface area contributed by atoms with Crippen molar-refractivity contribution in [1.29, 1.82) is 0 Å². The Morgan fingerprint density at radius 1 is 1.26 bits per heavy atom. The lowest BCUT2D eigenvalue weighted by Crippen LogP contribution is -2.52. The summed E-state index contributed by atoms with van der Waals surface area (Å²) in [5.74, 6) is 0.593. The minimum absolute atomic E-state index is 0.0158. The number of aromatic nitrogens is 2. The van der Waals surface area contributed by atoms with Gasteiger partial charge in [-0.3, -0.25) is 4.98 Å². The molecule has 0 aliphatic rings. The predicted octanol–water partition coefficient (Wildman–Crippen LogP) is 1.87. The molecular formula is C14H26N4O. The van der Waals surface area contributed by atoms with E-state index in [1.54, 1.807) is 19.5 Å². The second-order valence-corrected chi connectivity index (χ2v) is 4.88. The summed E-state index contributed by atoms with van der Waals surface area (Å²) < 4.78 is 5.36. The third kappa shape index (κ3) is 2.87. The van der Waals surface area contributed by atoms with Gasteiger partial charge in [0.15, 0.2) is 0 Å². The fraction of sp³-hybridized carbons (Fsp3) is 0.714. The van der Waals surface area contributed by atoms with Gasteiger partial charge in [0.2, 0.25) is 5.88 Å². The van der Waals surface area contributed by atoms with Crippen LogP contribution in [-0.2, 0) is 0 Å². The highest BCUT2D eigenvalue weighted by Gasteiger charge is 2.40. The lowest BCUT2D eigenvalue weighted by Gasteiger charge is -2.44. The Labute approximate surface area is 116 Å². The number of likely N-dealkylation sites (N-methyl/N-ethyl adjacent to an activating group) is 2. The molecular weight excluding hydrogens is 240 g/mol. The third-order valence-corrected chi connectivity index (χ3v) is 4.10. The van der Waals surface area contributed by atoms with Crippen LogP contribution in [0.15, 0.2) is 12.4 Å². The lowest BCUT2D eigenvalue weighted by atomic mass is 9.81. The smallest absolute Gasteiger partial charge is 0.237 e. The third-order valence-electron chi connectivity index (χ3n) is 4.10. The molecule has 0 aliphatic carbocycles. The maximum absolute atomic E-state index is 5.36. The van der Waals surface area contributed by atoms with Gasteiger partial charge >= 0.3 is 0 Å². The lowest BCUT2D eigenvalue weighted by molar-refractivity contribution is 0.0882. The number of nitrogens with zero attached hydrogens (tertiary/aromatic N) is 3. The molecule has 1 atom stereocenters. The first-order valence-electron chi connectivity index (χ1n) is 6.76. The summed E-state index contributed by atoms with van der Waals surface area (Å²) >= 11 is 0. The average Bonchev–Trinajstić information content (AvgIpc) is 2.44. The van der Waals surface area contributed by atoms with E-state index in [2.05, 4.69) is 48.1 Å². The number of rotatable bonds is 7. The minimum atomic E-state index is -0.0158. The zero-order valence-electron chi connectivity index (χ0n) is 12.9. The van der Waals surface area contributed by atoms with Crippen molar-refractivity contribution in [2.24, 2.45) is 0 Å². The normalized spacial score (nSPS) is 13.6. The fourth-order valence-corrected chi connectivity index (χ4v) is 2.90. The van der Waals surface area contributed by atoms with Crippen molar-refractivity contribution in [2.75, 3.05) is 28.3 Å². The maximum atomic E-state index is 5.36. The molecule has 1 aromatic rings. The Kier molecular flexibility index (Phi) is 5.69. The number of nitrogens with one attached hydrogen (secondary N) is 1. The molecule has 1 unspecified atom stereocenters. The standard InChI is InChI=1S/C14H26N4O/c1-7-14(8-2,18(4)5)12(15-3)11-13(19-6)17-10-9-16-11/h9-10,12,15H,7-8H2,1-6H3. The molecule has 1 N–H and O–H groups in total. The Balaban J connectivity index is 3.31. The molecule has 0 amide bonds. The zero-order chi connectivity index (χ0) is 14.5. The number of hydrogen-bond acceptors (Lipinski definition) is 5. The second-order valence-electron chi connectivity index (χ2n) is 4.88. The molecule has 0 radical (unpaired) electrons. The van der Waals surface area contributed by atoms with Crippen LogP contribution in [0.2, 0.25) is 0 Å². The van der Waals surface area contributed by atoms with E-state index in [0.717, 1.165) is 18.5 Å². The van der Waals surface area contributed by atoms with Crippen LogP contribution >= 0.6 is 0 Å². The van der Waals surface area contributed by atoms with E-state index in [9.17, 15) is 0 Å². The summed E-state index contributed by atoms with van der Waals surface area (Å²) in [5.41, 5.74) is 0.850. The quantitative estimate of drug-likeness (QED) is 0.816. The minimum Gasteiger partial charge on any atom is -0.480 e. The molecule has 0 aliphatic heterocycles. The molecule has 5 nitrogen and oxygen atoms in total. The first-order valence-corrected chi connectivity index (χ1v) is 6.76. The van der Waals surface area contributed by atoms with Crippen LogP contribution in [0.25, 0.3) is 0 Å². The van der Waals surface area contributed by atoms with E-state index in [4.69, 9.17) is 4.74 Å². The molecule has 1 heterocycles. The number of hydrogen-bond donors (Lipinski definition) is 1. The van der Waals surface area contributed by atoms with Crippen LogP contribution in [0.5, 0.6) is 5.88 Å². The molecule has 1 aromatic heterocycles. The molecule has 0 saturated carbocycles. The molecule has 19 heavy (non-hydrogen) atoms. The van der Waals surface area contributed by atoms with Gasteiger partial charge in [0.05, 0.1) is 13.2 Å². The SMILES string of the molecule is CCC(CC)(C(NC)c1nccnc1OC)N(C)C. The van der Waals surface area contributed by atoms with Crippen LogP contribution in [0.1, 0.15) is 38.4 Å². The summed E-state index contributed by atoms with van der Waals surface area (Å²) in [7, 11) is 7.82.